The molecular weight excluding hydrogens is 257 g/mol. The Morgan fingerprint density at radius 3 is 2.84 bits per heavy atom. The van der Waals surface area contributed by atoms with E-state index in [4.69, 9.17) is 10.5 Å². The fourth-order valence-electron chi connectivity index (χ4n) is 1.97. The zero-order chi connectivity index (χ0) is 13.6. The molecule has 0 aromatic carbocycles. The summed E-state index contributed by atoms with van der Waals surface area (Å²) in [6, 6.07) is 0. The minimum absolute atomic E-state index is 0.107. The molecule has 0 aliphatic carbocycles. The molecule has 8 nitrogen and oxygen atoms in total. The van der Waals surface area contributed by atoms with Crippen molar-refractivity contribution >= 4 is 17.0 Å². The predicted octanol–water partition coefficient (Wildman–Crippen LogP) is -0.530. The Kier molecular flexibility index (Phi) is 2.57. The summed E-state index contributed by atoms with van der Waals surface area (Å²) in [5.41, 5.74) is 6.29. The highest BCUT2D eigenvalue weighted by atomic mass is 19.1. The Morgan fingerprint density at radius 2 is 2.16 bits per heavy atom. The van der Waals surface area contributed by atoms with E-state index in [-0.39, 0.29) is 17.9 Å². The van der Waals surface area contributed by atoms with E-state index in [1.54, 1.807) is 0 Å². The summed E-state index contributed by atoms with van der Waals surface area (Å²) >= 11 is 0. The molecule has 1 saturated heterocycles. The highest BCUT2D eigenvalue weighted by molar-refractivity contribution is 5.81. The third-order valence-electron chi connectivity index (χ3n) is 2.93. The lowest BCUT2D eigenvalue weighted by Crippen LogP contribution is -2.27. The summed E-state index contributed by atoms with van der Waals surface area (Å²) in [6.07, 6.45) is -1.13. The molecule has 1 aliphatic heterocycles. The molecule has 0 saturated carbocycles. The first-order chi connectivity index (χ1) is 9.13. The number of imidazole rings is 1. The molecule has 4 N–H and O–H groups in total. The molecule has 0 bridgehead atoms. The van der Waals surface area contributed by atoms with Gasteiger partial charge < -0.3 is 20.7 Å². The topological polar surface area (TPSA) is 119 Å². The van der Waals surface area contributed by atoms with Crippen LogP contribution in [0.15, 0.2) is 24.7 Å². The van der Waals surface area contributed by atoms with Crippen molar-refractivity contribution in [2.24, 2.45) is 0 Å². The number of aliphatic hydroxyl groups is 2. The highest BCUT2D eigenvalue weighted by Gasteiger charge is 2.41. The molecule has 3 rings (SSSR count). The lowest BCUT2D eigenvalue weighted by molar-refractivity contribution is -0.0120. The monoisotopic (exact) mass is 267 g/mol. The van der Waals surface area contributed by atoms with Crippen molar-refractivity contribution in [2.75, 3.05) is 5.73 Å². The van der Waals surface area contributed by atoms with Crippen molar-refractivity contribution in [3.05, 3.63) is 24.7 Å². The molecule has 1 aliphatic rings. The van der Waals surface area contributed by atoms with Crippen LogP contribution in [0.25, 0.3) is 11.2 Å². The SMILES string of the molecule is Nc1ncnc2c1ncn2[C@@H]1O/C(=C\F)[C@H](O)[C@H]1O. The second kappa shape index (κ2) is 4.14. The first-order valence-electron chi connectivity index (χ1n) is 5.39. The van der Waals surface area contributed by atoms with Crippen LogP contribution in [0.4, 0.5) is 10.2 Å². The number of halogens is 1. The summed E-state index contributed by atoms with van der Waals surface area (Å²) in [5.74, 6) is -0.167. The number of rotatable bonds is 1. The maximum Gasteiger partial charge on any atom is 0.207 e. The summed E-state index contributed by atoms with van der Waals surface area (Å²) in [6.45, 7) is 0. The van der Waals surface area contributed by atoms with Gasteiger partial charge in [-0.15, -0.1) is 0 Å². The summed E-state index contributed by atoms with van der Waals surface area (Å²) in [5, 5.41) is 19.4. The third kappa shape index (κ3) is 1.63. The van der Waals surface area contributed by atoms with E-state index in [2.05, 4.69) is 15.0 Å². The number of nitrogens with two attached hydrogens (primary N) is 1. The van der Waals surface area contributed by atoms with Gasteiger partial charge in [0.05, 0.1) is 0 Å². The van der Waals surface area contributed by atoms with E-state index in [9.17, 15) is 14.6 Å². The molecule has 2 aromatic rings. The van der Waals surface area contributed by atoms with Crippen LogP contribution in [0.5, 0.6) is 0 Å². The van der Waals surface area contributed by atoms with Crippen LogP contribution in [0, 0.1) is 0 Å². The van der Waals surface area contributed by atoms with Gasteiger partial charge in [-0.3, -0.25) is 4.57 Å². The number of anilines is 1. The van der Waals surface area contributed by atoms with Gasteiger partial charge in [0.1, 0.15) is 36.7 Å². The second-order valence-corrected chi connectivity index (χ2v) is 4.04. The van der Waals surface area contributed by atoms with Crippen LogP contribution in [-0.4, -0.2) is 41.9 Å². The van der Waals surface area contributed by atoms with Crippen LogP contribution in [0.2, 0.25) is 0 Å². The fraction of sp³-hybridized carbons (Fsp3) is 0.300. The maximum absolute atomic E-state index is 12.5. The van der Waals surface area contributed by atoms with Gasteiger partial charge in [0.2, 0.25) is 6.23 Å². The Labute approximate surface area is 106 Å². The molecule has 3 atom stereocenters. The highest BCUT2D eigenvalue weighted by Crippen LogP contribution is 2.33. The van der Waals surface area contributed by atoms with Crippen molar-refractivity contribution < 1.29 is 19.3 Å². The van der Waals surface area contributed by atoms with Crippen molar-refractivity contribution in [1.82, 2.24) is 19.5 Å². The minimum atomic E-state index is -1.44. The molecule has 0 amide bonds. The maximum atomic E-state index is 12.5. The van der Waals surface area contributed by atoms with E-state index in [1.807, 2.05) is 0 Å². The van der Waals surface area contributed by atoms with Gasteiger partial charge >= 0.3 is 0 Å². The second-order valence-electron chi connectivity index (χ2n) is 4.04. The number of nitrogen functional groups attached to an aromatic ring is 1. The molecule has 9 heteroatoms. The van der Waals surface area contributed by atoms with Crippen LogP contribution in [0.1, 0.15) is 6.23 Å². The van der Waals surface area contributed by atoms with Gasteiger partial charge in [-0.25, -0.2) is 19.3 Å². The van der Waals surface area contributed by atoms with E-state index in [0.717, 1.165) is 0 Å². The number of aromatic nitrogens is 4. The van der Waals surface area contributed by atoms with Gasteiger partial charge in [0.25, 0.3) is 0 Å². The normalized spacial score (nSPS) is 29.0. The Balaban J connectivity index is 2.09. The minimum Gasteiger partial charge on any atom is -0.466 e. The lowest BCUT2D eigenvalue weighted by Gasteiger charge is -2.15. The summed E-state index contributed by atoms with van der Waals surface area (Å²) in [4.78, 5) is 11.8. The molecule has 19 heavy (non-hydrogen) atoms. The van der Waals surface area contributed by atoms with Gasteiger partial charge in [-0.1, -0.05) is 0 Å². The zero-order valence-electron chi connectivity index (χ0n) is 9.51. The molecule has 0 unspecified atom stereocenters. The molecule has 0 spiro atoms. The quantitative estimate of drug-likeness (QED) is 0.635. The van der Waals surface area contributed by atoms with Crippen molar-refractivity contribution in [2.45, 2.75) is 18.4 Å². The average molecular weight is 267 g/mol. The first-order valence-corrected chi connectivity index (χ1v) is 5.39. The van der Waals surface area contributed by atoms with Crippen molar-refractivity contribution in [3.63, 3.8) is 0 Å². The number of hydrogen-bond acceptors (Lipinski definition) is 7. The van der Waals surface area contributed by atoms with Gasteiger partial charge in [0, 0.05) is 0 Å². The summed E-state index contributed by atoms with van der Waals surface area (Å²) in [7, 11) is 0. The number of fused-ring (bicyclic) bond motifs is 1. The summed E-state index contributed by atoms with van der Waals surface area (Å²) < 4.78 is 19.0. The molecule has 2 aromatic heterocycles. The number of ether oxygens (including phenoxy) is 1. The van der Waals surface area contributed by atoms with Crippen LogP contribution in [0.3, 0.4) is 0 Å². The molecule has 1 fully saturated rings. The van der Waals surface area contributed by atoms with Crippen LogP contribution in [-0.2, 0) is 4.74 Å². The van der Waals surface area contributed by atoms with Gasteiger partial charge in [-0.05, 0) is 0 Å². The van der Waals surface area contributed by atoms with Gasteiger partial charge in [-0.2, -0.15) is 0 Å². The van der Waals surface area contributed by atoms with Crippen molar-refractivity contribution in [1.29, 1.82) is 0 Å². The predicted molar refractivity (Wildman–Crippen MR) is 61.1 cm³/mol. The average Bonchev–Trinajstić information content (AvgIpc) is 2.94. The van der Waals surface area contributed by atoms with Gasteiger partial charge in [0.15, 0.2) is 17.2 Å². The van der Waals surface area contributed by atoms with E-state index >= 15 is 0 Å². The smallest absolute Gasteiger partial charge is 0.207 e. The molecule has 3 heterocycles. The molecule has 0 radical (unpaired) electrons. The number of hydrogen-bond donors (Lipinski definition) is 3. The molecular formula is C10H10FN5O3. The van der Waals surface area contributed by atoms with E-state index < -0.39 is 18.4 Å². The standard InChI is InChI=1S/C10H10FN5O3/c11-1-4-6(17)7(18)10(19-4)16-3-15-5-8(12)13-2-14-9(5)16/h1-3,6-7,10,17-18H,(H2,12,13,14)/b4-1-/t6-,7+,10+/m0/s1. The zero-order valence-corrected chi connectivity index (χ0v) is 9.51. The Morgan fingerprint density at radius 1 is 1.37 bits per heavy atom. The van der Waals surface area contributed by atoms with E-state index in [0.29, 0.717) is 11.2 Å². The first kappa shape index (κ1) is 11.8. The van der Waals surface area contributed by atoms with Crippen molar-refractivity contribution in [3.8, 4) is 0 Å². The fourth-order valence-corrected chi connectivity index (χ4v) is 1.97. The third-order valence-corrected chi connectivity index (χ3v) is 2.93. The number of nitrogens with zero attached hydrogens (tertiary/aromatic N) is 4. The Bertz CT molecular complexity index is 658. The largest absolute Gasteiger partial charge is 0.466 e. The Hall–Kier alpha value is -2.26. The van der Waals surface area contributed by atoms with Crippen LogP contribution >= 0.6 is 0 Å². The lowest BCUT2D eigenvalue weighted by atomic mass is 10.2. The number of aliphatic hydroxyl groups excluding tert-OH is 2. The van der Waals surface area contributed by atoms with E-state index in [1.165, 1.54) is 17.2 Å². The molecule has 100 valence electrons. The van der Waals surface area contributed by atoms with Crippen LogP contribution < -0.4 is 5.73 Å².